The van der Waals surface area contributed by atoms with E-state index in [0.717, 1.165) is 64.6 Å². The Labute approximate surface area is 198 Å². The van der Waals surface area contributed by atoms with Crippen LogP contribution in [0.2, 0.25) is 0 Å². The fourth-order valence-electron chi connectivity index (χ4n) is 4.93. The van der Waals surface area contributed by atoms with Crippen LogP contribution in [0, 0.1) is 0 Å². The molecule has 1 aromatic rings. The summed E-state index contributed by atoms with van der Waals surface area (Å²) in [4.78, 5) is 17.8. The van der Waals surface area contributed by atoms with Crippen LogP contribution in [0.25, 0.3) is 0 Å². The number of carbonyl (C=O) groups excluding carboxylic acids is 1. The van der Waals surface area contributed by atoms with Crippen LogP contribution in [0.4, 0.5) is 0 Å². The molecule has 3 fully saturated rings. The van der Waals surface area contributed by atoms with Gasteiger partial charge < -0.3 is 24.6 Å². The van der Waals surface area contributed by atoms with E-state index in [1.165, 1.54) is 25.7 Å². The van der Waals surface area contributed by atoms with Crippen LogP contribution in [0.15, 0.2) is 18.2 Å². The minimum Gasteiger partial charge on any atom is -0.497 e. The van der Waals surface area contributed by atoms with Gasteiger partial charge in [-0.15, -0.1) is 24.8 Å². The van der Waals surface area contributed by atoms with Crippen LogP contribution < -0.4 is 14.8 Å². The zero-order chi connectivity index (χ0) is 20.1. The molecule has 0 radical (unpaired) electrons. The number of likely N-dealkylation sites (tertiary alicyclic amines) is 1. The van der Waals surface area contributed by atoms with Crippen LogP contribution in [0.1, 0.15) is 55.3 Å². The summed E-state index contributed by atoms with van der Waals surface area (Å²) in [5, 5.41) is 3.36. The van der Waals surface area contributed by atoms with Gasteiger partial charge in [-0.05, 0) is 56.8 Å². The van der Waals surface area contributed by atoms with Crippen molar-refractivity contribution in [2.24, 2.45) is 0 Å². The first-order valence-electron chi connectivity index (χ1n) is 11.3. The Hall–Kier alpha value is -1.21. The van der Waals surface area contributed by atoms with Gasteiger partial charge in [0.05, 0.1) is 12.7 Å². The number of halogens is 2. The van der Waals surface area contributed by atoms with Crippen molar-refractivity contribution < 1.29 is 14.3 Å². The van der Waals surface area contributed by atoms with Crippen LogP contribution in [-0.4, -0.2) is 74.2 Å². The average Bonchev–Trinajstić information content (AvgIpc) is 3.16. The van der Waals surface area contributed by atoms with E-state index in [1.54, 1.807) is 7.11 Å². The van der Waals surface area contributed by atoms with Gasteiger partial charge in [0.2, 0.25) is 0 Å². The molecule has 1 aromatic carbocycles. The van der Waals surface area contributed by atoms with Gasteiger partial charge in [0.1, 0.15) is 17.6 Å². The monoisotopic (exact) mass is 473 g/mol. The summed E-state index contributed by atoms with van der Waals surface area (Å²) >= 11 is 0. The summed E-state index contributed by atoms with van der Waals surface area (Å²) in [5.74, 6) is 1.45. The maximum absolute atomic E-state index is 13.3. The predicted octanol–water partition coefficient (Wildman–Crippen LogP) is 3.76. The molecular formula is C23H37Cl2N3O3. The summed E-state index contributed by atoms with van der Waals surface area (Å²) in [7, 11) is 1.64. The Kier molecular flexibility index (Phi) is 10.7. The summed E-state index contributed by atoms with van der Waals surface area (Å²) in [6.45, 7) is 5.52. The number of hydrogen-bond donors (Lipinski definition) is 1. The molecule has 0 bridgehead atoms. The number of nitrogens with one attached hydrogen (secondary N) is 1. The van der Waals surface area contributed by atoms with Crippen molar-refractivity contribution in [3.63, 3.8) is 0 Å². The van der Waals surface area contributed by atoms with E-state index in [0.29, 0.717) is 17.1 Å². The Morgan fingerprint density at radius 2 is 1.71 bits per heavy atom. The van der Waals surface area contributed by atoms with E-state index in [1.807, 2.05) is 23.1 Å². The van der Waals surface area contributed by atoms with Gasteiger partial charge in [-0.25, -0.2) is 0 Å². The van der Waals surface area contributed by atoms with E-state index < -0.39 is 0 Å². The van der Waals surface area contributed by atoms with E-state index in [2.05, 4.69) is 10.2 Å². The Balaban J connectivity index is 0.00000171. The van der Waals surface area contributed by atoms with Crippen molar-refractivity contribution in [2.75, 3.05) is 46.4 Å². The van der Waals surface area contributed by atoms with E-state index in [9.17, 15) is 4.79 Å². The number of carbonyl (C=O) groups is 1. The molecule has 2 heterocycles. The van der Waals surface area contributed by atoms with E-state index >= 15 is 0 Å². The highest BCUT2D eigenvalue weighted by atomic mass is 35.5. The summed E-state index contributed by atoms with van der Waals surface area (Å²) in [6.07, 6.45) is 8.69. The number of amides is 1. The Bertz CT molecular complexity index is 685. The number of rotatable bonds is 5. The third kappa shape index (κ3) is 6.64. The highest BCUT2D eigenvalue weighted by Gasteiger charge is 2.29. The van der Waals surface area contributed by atoms with Crippen LogP contribution in [0.3, 0.4) is 0 Å². The molecule has 1 amide bonds. The molecule has 4 rings (SSSR count). The van der Waals surface area contributed by atoms with Gasteiger partial charge in [-0.1, -0.05) is 12.8 Å². The molecule has 2 saturated heterocycles. The van der Waals surface area contributed by atoms with Crippen molar-refractivity contribution >= 4 is 30.7 Å². The average molecular weight is 474 g/mol. The van der Waals surface area contributed by atoms with Gasteiger partial charge in [0.15, 0.2) is 0 Å². The maximum Gasteiger partial charge on any atom is 0.257 e. The van der Waals surface area contributed by atoms with E-state index in [-0.39, 0.29) is 36.8 Å². The zero-order valence-corrected chi connectivity index (χ0v) is 20.1. The standard InChI is InChI=1S/C23H35N3O3.2ClH/c1-28-20-7-8-22(21(17-20)23(27)26-13-4-11-24-12-16-26)29-19-9-14-25(15-10-19)18-5-2-3-6-18;;/h7-8,17-19,24H,2-6,9-16H2,1H3;2*1H. The molecule has 8 heteroatoms. The minimum atomic E-state index is 0. The molecule has 0 aromatic heterocycles. The first kappa shape index (κ1) is 26.0. The normalized spacial score (nSPS) is 21.0. The molecule has 0 spiro atoms. The number of ether oxygens (including phenoxy) is 2. The SMILES string of the molecule is COc1ccc(OC2CCN(C3CCCC3)CC2)c(C(=O)N2CCCNCC2)c1.Cl.Cl. The maximum atomic E-state index is 13.3. The quantitative estimate of drug-likeness (QED) is 0.705. The second-order valence-electron chi connectivity index (χ2n) is 8.55. The molecule has 0 unspecified atom stereocenters. The van der Waals surface area contributed by atoms with Gasteiger partial charge in [-0.2, -0.15) is 0 Å². The molecule has 1 N–H and O–H groups in total. The van der Waals surface area contributed by atoms with Crippen LogP contribution in [-0.2, 0) is 0 Å². The topological polar surface area (TPSA) is 54.0 Å². The molecule has 0 atom stereocenters. The number of methoxy groups -OCH3 is 1. The van der Waals surface area contributed by atoms with Gasteiger partial charge in [-0.3, -0.25) is 4.79 Å². The highest BCUT2D eigenvalue weighted by Crippen LogP contribution is 2.30. The first-order chi connectivity index (χ1) is 14.2. The molecule has 31 heavy (non-hydrogen) atoms. The Morgan fingerprint density at radius 1 is 0.968 bits per heavy atom. The smallest absolute Gasteiger partial charge is 0.257 e. The number of benzene rings is 1. The first-order valence-corrected chi connectivity index (χ1v) is 11.3. The number of hydrogen-bond acceptors (Lipinski definition) is 5. The lowest BCUT2D eigenvalue weighted by molar-refractivity contribution is 0.0700. The molecule has 6 nitrogen and oxygen atoms in total. The lowest BCUT2D eigenvalue weighted by Crippen LogP contribution is -2.43. The fourth-order valence-corrected chi connectivity index (χ4v) is 4.93. The second kappa shape index (κ2) is 12.7. The Morgan fingerprint density at radius 3 is 2.42 bits per heavy atom. The third-order valence-electron chi connectivity index (χ3n) is 6.66. The largest absolute Gasteiger partial charge is 0.497 e. The molecule has 2 aliphatic heterocycles. The van der Waals surface area contributed by atoms with Crippen molar-refractivity contribution in [2.45, 2.75) is 57.1 Å². The second-order valence-corrected chi connectivity index (χ2v) is 8.55. The number of nitrogens with zero attached hydrogens (tertiary/aromatic N) is 2. The van der Waals surface area contributed by atoms with Crippen LogP contribution in [0.5, 0.6) is 11.5 Å². The van der Waals surface area contributed by atoms with Gasteiger partial charge >= 0.3 is 0 Å². The van der Waals surface area contributed by atoms with Crippen molar-refractivity contribution in [1.82, 2.24) is 15.1 Å². The molecular weight excluding hydrogens is 437 g/mol. The van der Waals surface area contributed by atoms with E-state index in [4.69, 9.17) is 9.47 Å². The number of piperidine rings is 1. The van der Waals surface area contributed by atoms with Gasteiger partial charge in [0, 0.05) is 38.8 Å². The van der Waals surface area contributed by atoms with Gasteiger partial charge in [0.25, 0.3) is 5.91 Å². The molecule has 1 aliphatic carbocycles. The highest BCUT2D eigenvalue weighted by molar-refractivity contribution is 5.97. The van der Waals surface area contributed by atoms with Crippen LogP contribution >= 0.6 is 24.8 Å². The third-order valence-corrected chi connectivity index (χ3v) is 6.66. The minimum absolute atomic E-state index is 0. The fraction of sp³-hybridized carbons (Fsp3) is 0.696. The van der Waals surface area contributed by atoms with Crippen molar-refractivity contribution in [3.8, 4) is 11.5 Å². The van der Waals surface area contributed by atoms with Crippen molar-refractivity contribution in [3.05, 3.63) is 23.8 Å². The summed E-state index contributed by atoms with van der Waals surface area (Å²) < 4.78 is 11.8. The molecule has 1 saturated carbocycles. The summed E-state index contributed by atoms with van der Waals surface area (Å²) in [6, 6.07) is 6.42. The molecule has 176 valence electrons. The van der Waals surface area contributed by atoms with Crippen molar-refractivity contribution in [1.29, 1.82) is 0 Å². The lowest BCUT2D eigenvalue weighted by Gasteiger charge is -2.36. The summed E-state index contributed by atoms with van der Waals surface area (Å²) in [5.41, 5.74) is 0.629. The molecule has 3 aliphatic rings. The lowest BCUT2D eigenvalue weighted by atomic mass is 10.0. The zero-order valence-electron chi connectivity index (χ0n) is 18.5. The predicted molar refractivity (Wildman–Crippen MR) is 128 cm³/mol.